The number of rotatable bonds is 2. The molecule has 0 aromatic heterocycles. The van der Waals surface area contributed by atoms with E-state index >= 15 is 0 Å². The highest BCUT2D eigenvalue weighted by Gasteiger charge is 2.12. The zero-order valence-corrected chi connectivity index (χ0v) is 7.15. The van der Waals surface area contributed by atoms with Gasteiger partial charge in [0.15, 0.2) is 0 Å². The van der Waals surface area contributed by atoms with Crippen LogP contribution in [0.4, 0.5) is 13.2 Å². The Morgan fingerprint density at radius 2 is 1.69 bits per heavy atom. The minimum absolute atomic E-state index is 0.0674. The molecular formula is C9H10F3N. The van der Waals surface area contributed by atoms with Gasteiger partial charge in [-0.15, -0.1) is 0 Å². The van der Waals surface area contributed by atoms with Crippen LogP contribution in [0.25, 0.3) is 0 Å². The highest BCUT2D eigenvalue weighted by molar-refractivity contribution is 5.21. The lowest BCUT2D eigenvalue weighted by atomic mass is 10.1. The molecule has 1 atom stereocenters. The third-order valence-corrected chi connectivity index (χ3v) is 1.63. The first kappa shape index (κ1) is 10.1. The lowest BCUT2D eigenvalue weighted by molar-refractivity contribution is 0.515. The normalized spacial score (nSPS) is 13.0. The van der Waals surface area contributed by atoms with Gasteiger partial charge in [0.2, 0.25) is 0 Å². The van der Waals surface area contributed by atoms with Gasteiger partial charge in [0.05, 0.1) is 0 Å². The van der Waals surface area contributed by atoms with Gasteiger partial charge in [-0.05, 0) is 13.3 Å². The van der Waals surface area contributed by atoms with E-state index < -0.39 is 17.5 Å². The summed E-state index contributed by atoms with van der Waals surface area (Å²) < 4.78 is 38.3. The predicted molar refractivity (Wildman–Crippen MR) is 43.7 cm³/mol. The summed E-state index contributed by atoms with van der Waals surface area (Å²) in [6, 6.07) is 0.955. The van der Waals surface area contributed by atoms with Crippen LogP contribution < -0.4 is 5.73 Å². The second-order valence-electron chi connectivity index (χ2n) is 3.03. The number of halogens is 3. The largest absolute Gasteiger partial charge is 0.328 e. The van der Waals surface area contributed by atoms with E-state index in [1.807, 2.05) is 0 Å². The van der Waals surface area contributed by atoms with E-state index in [1.54, 1.807) is 6.92 Å². The topological polar surface area (TPSA) is 26.0 Å². The molecule has 1 aromatic rings. The first-order valence-corrected chi connectivity index (χ1v) is 3.89. The van der Waals surface area contributed by atoms with Gasteiger partial charge in [0, 0.05) is 23.7 Å². The first-order chi connectivity index (χ1) is 6.00. The van der Waals surface area contributed by atoms with Crippen LogP contribution >= 0.6 is 0 Å². The lowest BCUT2D eigenvalue weighted by Gasteiger charge is -2.07. The smallest absolute Gasteiger partial charge is 0.132 e. The molecule has 1 rings (SSSR count). The van der Waals surface area contributed by atoms with Gasteiger partial charge in [-0.3, -0.25) is 0 Å². The van der Waals surface area contributed by atoms with E-state index in [0.717, 1.165) is 0 Å². The van der Waals surface area contributed by atoms with E-state index in [9.17, 15) is 13.2 Å². The summed E-state index contributed by atoms with van der Waals surface area (Å²) in [5.74, 6) is -2.67. The van der Waals surface area contributed by atoms with Crippen molar-refractivity contribution in [2.75, 3.05) is 0 Å². The van der Waals surface area contributed by atoms with Gasteiger partial charge in [-0.2, -0.15) is 0 Å². The number of nitrogens with two attached hydrogens (primary N) is 1. The molecule has 13 heavy (non-hydrogen) atoms. The van der Waals surface area contributed by atoms with Gasteiger partial charge in [-0.1, -0.05) is 0 Å². The molecule has 2 N–H and O–H groups in total. The highest BCUT2D eigenvalue weighted by atomic mass is 19.1. The molecular weight excluding hydrogens is 179 g/mol. The summed E-state index contributed by atoms with van der Waals surface area (Å²) in [5, 5.41) is 0. The van der Waals surface area contributed by atoms with E-state index in [-0.39, 0.29) is 18.0 Å². The molecule has 0 aliphatic heterocycles. The number of hydrogen-bond acceptors (Lipinski definition) is 1. The summed E-state index contributed by atoms with van der Waals surface area (Å²) in [6.45, 7) is 1.63. The predicted octanol–water partition coefficient (Wildman–Crippen LogP) is 1.99. The molecule has 0 radical (unpaired) electrons. The zero-order chi connectivity index (χ0) is 10.0. The molecule has 0 unspecified atom stereocenters. The van der Waals surface area contributed by atoms with Crippen molar-refractivity contribution in [2.24, 2.45) is 5.73 Å². The summed E-state index contributed by atoms with van der Waals surface area (Å²) in [4.78, 5) is 0. The van der Waals surface area contributed by atoms with Crippen LogP contribution in [-0.4, -0.2) is 6.04 Å². The maximum atomic E-state index is 12.9. The van der Waals surface area contributed by atoms with Crippen molar-refractivity contribution in [3.63, 3.8) is 0 Å². The van der Waals surface area contributed by atoms with Gasteiger partial charge < -0.3 is 5.73 Å². The Morgan fingerprint density at radius 3 is 2.08 bits per heavy atom. The third kappa shape index (κ3) is 2.45. The minimum atomic E-state index is -0.913. The van der Waals surface area contributed by atoms with Crippen molar-refractivity contribution in [1.29, 1.82) is 0 Å². The van der Waals surface area contributed by atoms with E-state index in [0.29, 0.717) is 12.1 Å². The molecule has 0 fully saturated rings. The molecule has 0 saturated carbocycles. The molecule has 0 saturated heterocycles. The van der Waals surface area contributed by atoms with Gasteiger partial charge >= 0.3 is 0 Å². The van der Waals surface area contributed by atoms with Crippen molar-refractivity contribution in [2.45, 2.75) is 19.4 Å². The van der Waals surface area contributed by atoms with E-state index in [2.05, 4.69) is 0 Å². The Labute approximate surface area is 74.4 Å². The summed E-state index contributed by atoms with van der Waals surface area (Å²) in [5.41, 5.74) is 5.22. The van der Waals surface area contributed by atoms with Crippen LogP contribution in [0.1, 0.15) is 12.5 Å². The van der Waals surface area contributed by atoms with Gasteiger partial charge in [0.1, 0.15) is 17.5 Å². The Kier molecular flexibility index (Phi) is 2.93. The monoisotopic (exact) mass is 189 g/mol. The van der Waals surface area contributed by atoms with Crippen LogP contribution in [0, 0.1) is 17.5 Å². The fourth-order valence-electron chi connectivity index (χ4n) is 1.09. The van der Waals surface area contributed by atoms with Crippen molar-refractivity contribution in [1.82, 2.24) is 0 Å². The quantitative estimate of drug-likeness (QED) is 0.756. The Morgan fingerprint density at radius 1 is 1.23 bits per heavy atom. The average Bonchev–Trinajstić information content (AvgIpc) is 1.96. The number of benzene rings is 1. The second kappa shape index (κ2) is 3.79. The lowest BCUT2D eigenvalue weighted by Crippen LogP contribution is -2.19. The van der Waals surface area contributed by atoms with Crippen LogP contribution in [0.15, 0.2) is 12.1 Å². The number of hydrogen-bond donors (Lipinski definition) is 1. The zero-order valence-electron chi connectivity index (χ0n) is 7.15. The fourth-order valence-corrected chi connectivity index (χ4v) is 1.09. The Hall–Kier alpha value is -1.03. The van der Waals surface area contributed by atoms with Crippen molar-refractivity contribution >= 4 is 0 Å². The Balaban J connectivity index is 3.06. The van der Waals surface area contributed by atoms with E-state index in [4.69, 9.17) is 5.73 Å². The fraction of sp³-hybridized carbons (Fsp3) is 0.333. The van der Waals surface area contributed by atoms with Crippen LogP contribution in [0.5, 0.6) is 0 Å². The van der Waals surface area contributed by atoms with Crippen LogP contribution in [0.3, 0.4) is 0 Å². The molecule has 0 aliphatic rings. The maximum absolute atomic E-state index is 12.9. The summed E-state index contributed by atoms with van der Waals surface area (Å²) >= 11 is 0. The molecule has 0 amide bonds. The molecule has 0 heterocycles. The highest BCUT2D eigenvalue weighted by Crippen LogP contribution is 2.15. The van der Waals surface area contributed by atoms with Gasteiger partial charge in [0.25, 0.3) is 0 Å². The SMILES string of the molecule is C[C@@H](N)Cc1c(F)cc(F)cc1F. The van der Waals surface area contributed by atoms with Crippen LogP contribution in [0.2, 0.25) is 0 Å². The molecule has 72 valence electrons. The molecule has 4 heteroatoms. The van der Waals surface area contributed by atoms with Crippen molar-refractivity contribution in [3.8, 4) is 0 Å². The molecule has 1 nitrogen and oxygen atoms in total. The van der Waals surface area contributed by atoms with E-state index in [1.165, 1.54) is 0 Å². The second-order valence-corrected chi connectivity index (χ2v) is 3.03. The molecule has 0 aliphatic carbocycles. The van der Waals surface area contributed by atoms with Crippen molar-refractivity contribution < 1.29 is 13.2 Å². The maximum Gasteiger partial charge on any atom is 0.132 e. The average molecular weight is 189 g/mol. The third-order valence-electron chi connectivity index (χ3n) is 1.63. The molecule has 0 bridgehead atoms. The van der Waals surface area contributed by atoms with Crippen LogP contribution in [-0.2, 0) is 6.42 Å². The Bertz CT molecular complexity index is 287. The summed E-state index contributed by atoms with van der Waals surface area (Å²) in [6.07, 6.45) is 0.0674. The van der Waals surface area contributed by atoms with Crippen molar-refractivity contribution in [3.05, 3.63) is 35.1 Å². The first-order valence-electron chi connectivity index (χ1n) is 3.89. The molecule has 0 spiro atoms. The standard InChI is InChI=1S/C9H10F3N/c1-5(13)2-7-8(11)3-6(10)4-9(7)12/h3-5H,2,13H2,1H3/t5-/m1/s1. The van der Waals surface area contributed by atoms with Gasteiger partial charge in [-0.25, -0.2) is 13.2 Å². The minimum Gasteiger partial charge on any atom is -0.328 e. The molecule has 1 aromatic carbocycles. The summed E-state index contributed by atoms with van der Waals surface area (Å²) in [7, 11) is 0.